The van der Waals surface area contributed by atoms with E-state index in [0.29, 0.717) is 6.54 Å². The predicted octanol–water partition coefficient (Wildman–Crippen LogP) is 5.02. The van der Waals surface area contributed by atoms with Crippen LogP contribution >= 0.6 is 11.3 Å². The number of rotatable bonds is 5. The predicted molar refractivity (Wildman–Crippen MR) is 86.5 cm³/mol. The summed E-state index contributed by atoms with van der Waals surface area (Å²) in [4.78, 5) is 5.18. The zero-order valence-corrected chi connectivity index (χ0v) is 13.7. The van der Waals surface area contributed by atoms with Crippen molar-refractivity contribution < 1.29 is 17.6 Å². The molecule has 126 valence electrons. The largest absolute Gasteiger partial charge is 0.460 e. The Bertz CT molecular complexity index is 823. The summed E-state index contributed by atoms with van der Waals surface area (Å²) in [6.45, 7) is 2.39. The van der Waals surface area contributed by atoms with Crippen LogP contribution in [0.1, 0.15) is 21.9 Å². The Hall–Kier alpha value is -2.12. The van der Waals surface area contributed by atoms with Gasteiger partial charge in [-0.2, -0.15) is 13.2 Å². The van der Waals surface area contributed by atoms with Crippen molar-refractivity contribution in [1.29, 1.82) is 0 Å². The lowest BCUT2D eigenvalue weighted by molar-refractivity contribution is -0.138. The molecular weight excluding hydrogens is 337 g/mol. The maximum atomic E-state index is 12.9. The van der Waals surface area contributed by atoms with Gasteiger partial charge in [-0.3, -0.25) is 0 Å². The van der Waals surface area contributed by atoms with Gasteiger partial charge in [-0.15, -0.1) is 11.3 Å². The highest BCUT2D eigenvalue weighted by atomic mass is 32.1. The van der Waals surface area contributed by atoms with Crippen molar-refractivity contribution in [2.45, 2.75) is 26.2 Å². The van der Waals surface area contributed by atoms with Crippen molar-refractivity contribution in [2.24, 2.45) is 0 Å². The molecule has 3 rings (SSSR count). The smallest absolute Gasteiger partial charge is 0.416 e. The monoisotopic (exact) mass is 352 g/mol. The lowest BCUT2D eigenvalue weighted by Gasteiger charge is -2.12. The number of nitrogens with one attached hydrogen (secondary N) is 1. The van der Waals surface area contributed by atoms with Crippen LogP contribution in [-0.2, 0) is 19.3 Å². The van der Waals surface area contributed by atoms with Crippen LogP contribution in [-0.4, -0.2) is 4.98 Å². The van der Waals surface area contributed by atoms with E-state index in [1.165, 1.54) is 23.5 Å². The van der Waals surface area contributed by atoms with Crippen LogP contribution < -0.4 is 5.32 Å². The molecule has 1 N–H and O–H groups in total. The van der Waals surface area contributed by atoms with E-state index in [0.717, 1.165) is 27.5 Å². The van der Waals surface area contributed by atoms with Gasteiger partial charge in [0.15, 0.2) is 0 Å². The van der Waals surface area contributed by atoms with Crippen molar-refractivity contribution in [3.8, 4) is 10.6 Å². The Morgan fingerprint density at radius 2 is 1.92 bits per heavy atom. The third kappa shape index (κ3) is 3.85. The molecule has 0 aliphatic carbocycles. The topological polar surface area (TPSA) is 38.1 Å². The first kappa shape index (κ1) is 16.7. The average molecular weight is 352 g/mol. The molecule has 0 bridgehead atoms. The molecule has 2 aromatic heterocycles. The van der Waals surface area contributed by atoms with Gasteiger partial charge in [0.2, 0.25) is 0 Å². The van der Waals surface area contributed by atoms with E-state index in [9.17, 15) is 13.2 Å². The van der Waals surface area contributed by atoms with Crippen molar-refractivity contribution in [2.75, 3.05) is 0 Å². The summed E-state index contributed by atoms with van der Waals surface area (Å²) in [6.07, 6.45) is -2.63. The van der Waals surface area contributed by atoms with Crippen molar-refractivity contribution in [1.82, 2.24) is 10.3 Å². The first-order chi connectivity index (χ1) is 11.4. The van der Waals surface area contributed by atoms with Crippen LogP contribution in [0.25, 0.3) is 10.6 Å². The number of halogens is 3. The van der Waals surface area contributed by atoms with E-state index < -0.39 is 11.7 Å². The van der Waals surface area contributed by atoms with Crippen LogP contribution in [0.5, 0.6) is 0 Å². The third-order valence-electron chi connectivity index (χ3n) is 3.45. The summed E-state index contributed by atoms with van der Waals surface area (Å²) in [5.41, 5.74) is -0.383. The summed E-state index contributed by atoms with van der Waals surface area (Å²) >= 11 is 1.45. The summed E-state index contributed by atoms with van der Waals surface area (Å²) in [7, 11) is 0. The lowest BCUT2D eigenvalue weighted by atomic mass is 10.1. The quantitative estimate of drug-likeness (QED) is 0.701. The van der Waals surface area contributed by atoms with E-state index in [2.05, 4.69) is 10.3 Å². The lowest BCUT2D eigenvalue weighted by Crippen LogP contribution is -2.17. The van der Waals surface area contributed by atoms with Crippen molar-refractivity contribution in [3.63, 3.8) is 0 Å². The molecule has 24 heavy (non-hydrogen) atoms. The fourth-order valence-corrected chi connectivity index (χ4v) is 3.18. The van der Waals surface area contributed by atoms with Gasteiger partial charge in [0, 0.05) is 19.3 Å². The highest BCUT2D eigenvalue weighted by molar-refractivity contribution is 7.15. The zero-order chi connectivity index (χ0) is 17.2. The Balaban J connectivity index is 1.63. The second-order valence-corrected chi connectivity index (χ2v) is 6.40. The third-order valence-corrected chi connectivity index (χ3v) is 4.46. The maximum absolute atomic E-state index is 12.9. The summed E-state index contributed by atoms with van der Waals surface area (Å²) < 4.78 is 44.4. The summed E-state index contributed by atoms with van der Waals surface area (Å²) in [6, 6.07) is 9.32. The number of furan rings is 1. The van der Waals surface area contributed by atoms with Gasteiger partial charge in [-0.05, 0) is 30.7 Å². The summed E-state index contributed by atoms with van der Waals surface area (Å²) in [5.74, 6) is 1.57. The molecule has 0 atom stereocenters. The van der Waals surface area contributed by atoms with Gasteiger partial charge in [0.25, 0.3) is 0 Å². The Morgan fingerprint density at radius 1 is 1.12 bits per heavy atom. The Morgan fingerprint density at radius 3 is 2.62 bits per heavy atom. The number of nitrogens with zero attached hydrogens (tertiary/aromatic N) is 1. The van der Waals surface area contributed by atoms with Gasteiger partial charge < -0.3 is 9.73 Å². The first-order valence-electron chi connectivity index (χ1n) is 7.31. The number of hydrogen-bond donors (Lipinski definition) is 1. The number of hydrogen-bond acceptors (Lipinski definition) is 4. The summed E-state index contributed by atoms with van der Waals surface area (Å²) in [5, 5.41) is 3.81. The molecule has 0 aliphatic heterocycles. The SMILES string of the molecule is Cc1ccc(-c2cnc(CNCc3ccccc3C(F)(F)F)s2)o1. The van der Waals surface area contributed by atoms with Crippen molar-refractivity contribution >= 4 is 11.3 Å². The molecule has 2 heterocycles. The Kier molecular flexibility index (Phi) is 4.73. The zero-order valence-electron chi connectivity index (χ0n) is 12.9. The van der Waals surface area contributed by atoms with E-state index in [1.54, 1.807) is 12.3 Å². The number of benzene rings is 1. The van der Waals surface area contributed by atoms with Crippen LogP contribution in [0, 0.1) is 6.92 Å². The normalized spacial score (nSPS) is 11.8. The van der Waals surface area contributed by atoms with Crippen LogP contribution in [0.4, 0.5) is 13.2 Å². The minimum absolute atomic E-state index is 0.129. The van der Waals surface area contributed by atoms with E-state index in [-0.39, 0.29) is 12.1 Å². The minimum Gasteiger partial charge on any atom is -0.460 e. The maximum Gasteiger partial charge on any atom is 0.416 e. The molecule has 0 fully saturated rings. The molecule has 0 radical (unpaired) electrons. The molecule has 0 spiro atoms. The second-order valence-electron chi connectivity index (χ2n) is 5.29. The average Bonchev–Trinajstić information content (AvgIpc) is 3.16. The molecule has 3 aromatic rings. The van der Waals surface area contributed by atoms with Crippen LogP contribution in [0.3, 0.4) is 0 Å². The molecule has 1 aromatic carbocycles. The van der Waals surface area contributed by atoms with Crippen LogP contribution in [0.15, 0.2) is 47.0 Å². The number of alkyl halides is 3. The fourth-order valence-electron chi connectivity index (χ4n) is 2.33. The van der Waals surface area contributed by atoms with E-state index in [1.807, 2.05) is 19.1 Å². The van der Waals surface area contributed by atoms with E-state index in [4.69, 9.17) is 4.42 Å². The molecule has 0 unspecified atom stereocenters. The number of aromatic nitrogens is 1. The molecular formula is C17H15F3N2OS. The van der Waals surface area contributed by atoms with Gasteiger partial charge >= 0.3 is 6.18 Å². The molecule has 3 nitrogen and oxygen atoms in total. The second kappa shape index (κ2) is 6.78. The molecule has 0 amide bonds. The number of aryl methyl sites for hydroxylation is 1. The van der Waals surface area contributed by atoms with Gasteiger partial charge in [0.05, 0.1) is 10.4 Å². The molecule has 0 aliphatic rings. The first-order valence-corrected chi connectivity index (χ1v) is 8.12. The minimum atomic E-state index is -4.34. The Labute approximate surface area is 141 Å². The van der Waals surface area contributed by atoms with Gasteiger partial charge in [-0.25, -0.2) is 4.98 Å². The standard InChI is InChI=1S/C17H15F3N2OS/c1-11-6-7-14(23-11)15-9-22-16(24-15)10-21-8-12-4-2-3-5-13(12)17(18,19)20/h2-7,9,21H,8,10H2,1H3. The molecule has 7 heteroatoms. The van der Waals surface area contributed by atoms with Crippen molar-refractivity contribution in [3.05, 3.63) is 64.5 Å². The molecule has 0 saturated heterocycles. The fraction of sp³-hybridized carbons (Fsp3) is 0.235. The van der Waals surface area contributed by atoms with Crippen LogP contribution in [0.2, 0.25) is 0 Å². The van der Waals surface area contributed by atoms with Gasteiger partial charge in [0.1, 0.15) is 16.5 Å². The number of thiazole rings is 1. The highest BCUT2D eigenvalue weighted by Gasteiger charge is 2.32. The van der Waals surface area contributed by atoms with Gasteiger partial charge in [-0.1, -0.05) is 18.2 Å². The highest BCUT2D eigenvalue weighted by Crippen LogP contribution is 2.32. The van der Waals surface area contributed by atoms with E-state index >= 15 is 0 Å². The molecule has 0 saturated carbocycles.